The molecule has 4 rings (SSSR count). The molecule has 1 unspecified atom stereocenters. The van der Waals surface area contributed by atoms with Gasteiger partial charge in [0, 0.05) is 25.1 Å². The molecule has 1 atom stereocenters. The Morgan fingerprint density at radius 2 is 1.50 bits per heavy atom. The van der Waals surface area contributed by atoms with E-state index in [1.165, 1.54) is 27.2 Å². The number of hydrogen-bond donors (Lipinski definition) is 1. The molecule has 3 aromatic carbocycles. The molecule has 1 N–H and O–H groups in total. The molecule has 1 aliphatic rings. The summed E-state index contributed by atoms with van der Waals surface area (Å²) in [6.45, 7) is 1.03. The Labute approximate surface area is 240 Å². The van der Waals surface area contributed by atoms with E-state index in [9.17, 15) is 23.1 Å². The van der Waals surface area contributed by atoms with Crippen LogP contribution in [0.15, 0.2) is 65.9 Å². The van der Waals surface area contributed by atoms with Gasteiger partial charge in [-0.25, -0.2) is 9.18 Å². The van der Waals surface area contributed by atoms with Gasteiger partial charge in [-0.1, -0.05) is 24.3 Å². The Morgan fingerprint density at radius 1 is 0.976 bits per heavy atom. The molecule has 42 heavy (non-hydrogen) atoms. The summed E-state index contributed by atoms with van der Waals surface area (Å²) in [4.78, 5) is 13.6. The van der Waals surface area contributed by atoms with Crippen LogP contribution in [0.5, 0.6) is 11.5 Å². The fraction of sp³-hybridized carbons (Fsp3) is 0.323. The molecule has 0 bridgehead atoms. The van der Waals surface area contributed by atoms with Crippen molar-refractivity contribution < 1.29 is 46.4 Å². The van der Waals surface area contributed by atoms with Crippen molar-refractivity contribution in [3.63, 3.8) is 0 Å². The summed E-state index contributed by atoms with van der Waals surface area (Å²) < 4.78 is 80.2. The first-order valence-corrected chi connectivity index (χ1v) is 13.0. The van der Waals surface area contributed by atoms with Gasteiger partial charge in [-0.3, -0.25) is 0 Å². The van der Waals surface area contributed by atoms with Gasteiger partial charge in [-0.2, -0.15) is 13.2 Å². The van der Waals surface area contributed by atoms with E-state index in [1.54, 1.807) is 53.4 Å². The van der Waals surface area contributed by atoms with Gasteiger partial charge < -0.3 is 29.0 Å². The molecule has 0 aromatic heterocycles. The molecule has 11 heteroatoms. The minimum Gasteiger partial charge on any atom is -0.512 e. The van der Waals surface area contributed by atoms with Gasteiger partial charge in [0.05, 0.1) is 45.3 Å². The van der Waals surface area contributed by atoms with Gasteiger partial charge in [0.1, 0.15) is 22.8 Å². The van der Waals surface area contributed by atoms with E-state index in [1.807, 2.05) is 0 Å². The van der Waals surface area contributed by atoms with E-state index in [0.717, 1.165) is 18.2 Å². The number of nitrogens with zero attached hydrogens (tertiary/aromatic N) is 1. The summed E-state index contributed by atoms with van der Waals surface area (Å²) in [5.74, 6) is -1.28. The maximum atomic E-state index is 16.5. The second-order valence-corrected chi connectivity index (χ2v) is 9.79. The zero-order chi connectivity index (χ0) is 30.6. The minimum atomic E-state index is -4.92. The molecule has 0 saturated carbocycles. The van der Waals surface area contributed by atoms with Crippen LogP contribution >= 0.6 is 0 Å². The van der Waals surface area contributed by atoms with Crippen LogP contribution in [0.4, 0.5) is 23.2 Å². The van der Waals surface area contributed by atoms with Gasteiger partial charge in [0.15, 0.2) is 5.82 Å². The number of methoxy groups -OCH3 is 3. The van der Waals surface area contributed by atoms with Gasteiger partial charge in [0.25, 0.3) is 0 Å². The van der Waals surface area contributed by atoms with E-state index in [-0.39, 0.29) is 29.9 Å². The molecule has 0 fully saturated rings. The smallest absolute Gasteiger partial charge is 0.417 e. The predicted octanol–water partition coefficient (Wildman–Crippen LogP) is 6.82. The third kappa shape index (κ3) is 6.62. The van der Waals surface area contributed by atoms with Crippen LogP contribution in [0.1, 0.15) is 40.3 Å². The lowest BCUT2D eigenvalue weighted by Crippen LogP contribution is -2.28. The lowest BCUT2D eigenvalue weighted by Gasteiger charge is -2.32. The Balaban J connectivity index is 1.84. The summed E-state index contributed by atoms with van der Waals surface area (Å²) in [6.07, 6.45) is -6.96. The number of rotatable bonds is 9. The largest absolute Gasteiger partial charge is 0.512 e. The third-order valence-corrected chi connectivity index (χ3v) is 7.08. The standard InChI is InChI=1S/C31H31F4NO6/c1-18-13-24(29(32)27(28(18)31(33,34)35)26-14-25(37)23(17-42-26)30(38)41-4)36(15-19-5-9-21(39-2)10-6-19)16-20-7-11-22(40-3)12-8-20/h5-13,26,37H,14-17H2,1-4H3. The fourth-order valence-electron chi connectivity index (χ4n) is 4.95. The summed E-state index contributed by atoms with van der Waals surface area (Å²) in [5.41, 5.74) is -0.905. The Morgan fingerprint density at radius 3 is 1.93 bits per heavy atom. The zero-order valence-electron chi connectivity index (χ0n) is 23.5. The van der Waals surface area contributed by atoms with Gasteiger partial charge in [-0.15, -0.1) is 0 Å². The summed E-state index contributed by atoms with van der Waals surface area (Å²) in [6, 6.07) is 15.3. The average molecular weight is 590 g/mol. The zero-order valence-corrected chi connectivity index (χ0v) is 23.5. The monoisotopic (exact) mass is 589 g/mol. The Hall–Kier alpha value is -4.25. The Kier molecular flexibility index (Phi) is 9.30. The number of halogens is 4. The van der Waals surface area contributed by atoms with Crippen molar-refractivity contribution >= 4 is 11.7 Å². The second kappa shape index (κ2) is 12.7. The molecule has 1 heterocycles. The van der Waals surface area contributed by atoms with E-state index in [0.29, 0.717) is 11.5 Å². The normalized spacial score (nSPS) is 15.4. The topological polar surface area (TPSA) is 77.5 Å². The van der Waals surface area contributed by atoms with Crippen LogP contribution in [0, 0.1) is 12.7 Å². The number of carbonyl (C=O) groups is 1. The number of esters is 1. The van der Waals surface area contributed by atoms with Crippen molar-refractivity contribution in [3.8, 4) is 11.5 Å². The van der Waals surface area contributed by atoms with Crippen LogP contribution in [0.25, 0.3) is 0 Å². The second-order valence-electron chi connectivity index (χ2n) is 9.79. The van der Waals surface area contributed by atoms with Gasteiger partial charge >= 0.3 is 12.1 Å². The lowest BCUT2D eigenvalue weighted by atomic mass is 9.91. The maximum Gasteiger partial charge on any atom is 0.417 e. The number of ether oxygens (including phenoxy) is 4. The highest BCUT2D eigenvalue weighted by atomic mass is 19.4. The molecule has 0 radical (unpaired) electrons. The fourth-order valence-corrected chi connectivity index (χ4v) is 4.95. The van der Waals surface area contributed by atoms with Crippen molar-refractivity contribution in [1.82, 2.24) is 0 Å². The van der Waals surface area contributed by atoms with Gasteiger partial charge in [-0.05, 0) is 53.9 Å². The molecule has 224 valence electrons. The molecular weight excluding hydrogens is 558 g/mol. The number of aryl methyl sites for hydroxylation is 1. The van der Waals surface area contributed by atoms with Crippen LogP contribution in [0.2, 0.25) is 0 Å². The number of benzene rings is 3. The summed E-state index contributed by atoms with van der Waals surface area (Å²) in [5, 5.41) is 10.5. The Bertz CT molecular complexity index is 1400. The van der Waals surface area contributed by atoms with Crippen molar-refractivity contribution in [2.75, 3.05) is 32.8 Å². The molecule has 0 spiro atoms. The summed E-state index contributed by atoms with van der Waals surface area (Å²) in [7, 11) is 4.16. The first kappa shape index (κ1) is 30.7. The highest BCUT2D eigenvalue weighted by molar-refractivity contribution is 5.89. The molecule has 7 nitrogen and oxygen atoms in total. The number of hydrogen-bond acceptors (Lipinski definition) is 7. The highest BCUT2D eigenvalue weighted by Gasteiger charge is 2.42. The first-order valence-electron chi connectivity index (χ1n) is 13.0. The van der Waals surface area contributed by atoms with E-state index >= 15 is 4.39 Å². The third-order valence-electron chi connectivity index (χ3n) is 7.08. The van der Waals surface area contributed by atoms with Crippen LogP contribution in [-0.4, -0.2) is 39.0 Å². The highest BCUT2D eigenvalue weighted by Crippen LogP contribution is 2.45. The maximum absolute atomic E-state index is 16.5. The van der Waals surface area contributed by atoms with Crippen LogP contribution < -0.4 is 14.4 Å². The minimum absolute atomic E-state index is 0.0760. The SMILES string of the molecule is COC(=O)C1=C(O)CC(c2c(F)c(N(Cc3ccc(OC)cc3)Cc3ccc(OC)cc3)cc(C)c2C(F)(F)F)OC1. The van der Waals surface area contributed by atoms with Crippen molar-refractivity contribution in [2.45, 2.75) is 38.7 Å². The first-order chi connectivity index (χ1) is 20.0. The molecule has 3 aromatic rings. The van der Waals surface area contributed by atoms with Crippen LogP contribution in [-0.2, 0) is 33.5 Å². The van der Waals surface area contributed by atoms with Crippen molar-refractivity contribution in [1.29, 1.82) is 0 Å². The quantitative estimate of drug-likeness (QED) is 0.217. The van der Waals surface area contributed by atoms with E-state index in [4.69, 9.17) is 14.2 Å². The van der Waals surface area contributed by atoms with Crippen molar-refractivity contribution in [3.05, 3.63) is 99.6 Å². The number of carbonyl (C=O) groups excluding carboxylic acids is 1. The number of anilines is 1. The molecule has 0 amide bonds. The van der Waals surface area contributed by atoms with E-state index in [2.05, 4.69) is 4.74 Å². The van der Waals surface area contributed by atoms with Crippen molar-refractivity contribution in [2.24, 2.45) is 0 Å². The molecular formula is C31H31F4NO6. The number of aliphatic hydroxyl groups excluding tert-OH is 1. The average Bonchev–Trinajstić information content (AvgIpc) is 2.97. The van der Waals surface area contributed by atoms with E-state index < -0.39 is 54.0 Å². The van der Waals surface area contributed by atoms with Crippen LogP contribution in [0.3, 0.4) is 0 Å². The number of aliphatic hydroxyl groups is 1. The molecule has 0 aliphatic carbocycles. The predicted molar refractivity (Wildman–Crippen MR) is 147 cm³/mol. The van der Waals surface area contributed by atoms with Gasteiger partial charge in [0.2, 0.25) is 0 Å². The lowest BCUT2D eigenvalue weighted by molar-refractivity contribution is -0.142. The molecule has 0 saturated heterocycles. The summed E-state index contributed by atoms with van der Waals surface area (Å²) >= 11 is 0. The molecule has 1 aliphatic heterocycles. The number of alkyl halides is 3.